The highest BCUT2D eigenvalue weighted by Crippen LogP contribution is 2.33. The normalized spacial score (nSPS) is 13.5. The molecular formula is C24H15Cl3N2O4. The summed E-state index contributed by atoms with van der Waals surface area (Å²) in [6.07, 6.45) is 0. The molecule has 0 saturated carbocycles. The van der Waals surface area contributed by atoms with E-state index in [9.17, 15) is 14.4 Å². The number of carbonyl (C=O) groups is 3. The first-order valence-electron chi connectivity index (χ1n) is 9.63. The second kappa shape index (κ2) is 9.27. The lowest BCUT2D eigenvalue weighted by Gasteiger charge is -2.16. The van der Waals surface area contributed by atoms with Crippen molar-refractivity contribution in [1.82, 2.24) is 0 Å². The third-order valence-electron chi connectivity index (χ3n) is 4.75. The fourth-order valence-electron chi connectivity index (χ4n) is 3.12. The summed E-state index contributed by atoms with van der Waals surface area (Å²) in [5.41, 5.74) is 1.90. The lowest BCUT2D eigenvalue weighted by Crippen LogP contribution is -2.32. The van der Waals surface area contributed by atoms with Crippen molar-refractivity contribution in [3.05, 3.63) is 98.6 Å². The molecule has 2 amide bonds. The second-order valence-electron chi connectivity index (χ2n) is 7.17. The molecule has 3 aromatic rings. The van der Waals surface area contributed by atoms with Gasteiger partial charge in [0.1, 0.15) is 16.5 Å². The summed E-state index contributed by atoms with van der Waals surface area (Å²) in [4.78, 5) is 38.7. The number of nitrogens with one attached hydrogen (secondary N) is 1. The van der Waals surface area contributed by atoms with Crippen molar-refractivity contribution in [2.24, 2.45) is 0 Å². The highest BCUT2D eigenvalue weighted by Gasteiger charge is 2.39. The zero-order valence-corrected chi connectivity index (χ0v) is 19.3. The third kappa shape index (κ3) is 4.88. The molecule has 0 fully saturated rings. The molecule has 3 aromatic carbocycles. The predicted octanol–water partition coefficient (Wildman–Crippen LogP) is 5.96. The number of anilines is 2. The average Bonchev–Trinajstić information content (AvgIpc) is 2.98. The van der Waals surface area contributed by atoms with E-state index in [1.165, 1.54) is 30.3 Å². The van der Waals surface area contributed by atoms with Crippen LogP contribution in [0.3, 0.4) is 0 Å². The summed E-state index contributed by atoms with van der Waals surface area (Å²) in [6.45, 7) is 1.94. The van der Waals surface area contributed by atoms with Gasteiger partial charge in [0.25, 0.3) is 11.8 Å². The Morgan fingerprint density at radius 2 is 1.45 bits per heavy atom. The minimum Gasteiger partial charge on any atom is -0.423 e. The highest BCUT2D eigenvalue weighted by atomic mass is 35.5. The number of hydrogen-bond donors (Lipinski definition) is 1. The zero-order chi connectivity index (χ0) is 23.7. The minimum atomic E-state index is -0.708. The van der Waals surface area contributed by atoms with Gasteiger partial charge in [-0.25, -0.2) is 9.69 Å². The number of carbonyl (C=O) groups excluding carboxylic acids is 3. The summed E-state index contributed by atoms with van der Waals surface area (Å²) >= 11 is 18.1. The van der Waals surface area contributed by atoms with E-state index in [2.05, 4.69) is 5.32 Å². The molecule has 0 bridgehead atoms. The number of benzene rings is 3. The Morgan fingerprint density at radius 3 is 2.06 bits per heavy atom. The quantitative estimate of drug-likeness (QED) is 0.265. The van der Waals surface area contributed by atoms with E-state index in [0.29, 0.717) is 17.0 Å². The molecule has 1 N–H and O–H groups in total. The van der Waals surface area contributed by atoms with E-state index in [1.54, 1.807) is 24.3 Å². The lowest BCUT2D eigenvalue weighted by molar-refractivity contribution is -0.120. The van der Waals surface area contributed by atoms with Crippen LogP contribution in [0.5, 0.6) is 5.75 Å². The Morgan fingerprint density at radius 1 is 0.848 bits per heavy atom. The van der Waals surface area contributed by atoms with E-state index in [0.717, 1.165) is 10.5 Å². The number of imide groups is 1. The maximum absolute atomic E-state index is 12.9. The van der Waals surface area contributed by atoms with Crippen molar-refractivity contribution < 1.29 is 19.1 Å². The van der Waals surface area contributed by atoms with Crippen LogP contribution >= 0.6 is 34.8 Å². The molecule has 0 aliphatic carbocycles. The van der Waals surface area contributed by atoms with Crippen LogP contribution in [0.1, 0.15) is 15.9 Å². The summed E-state index contributed by atoms with van der Waals surface area (Å²) in [5, 5.41) is 3.10. The molecule has 33 heavy (non-hydrogen) atoms. The van der Waals surface area contributed by atoms with Crippen molar-refractivity contribution in [3.8, 4) is 5.75 Å². The second-order valence-corrected chi connectivity index (χ2v) is 8.42. The van der Waals surface area contributed by atoms with Gasteiger partial charge >= 0.3 is 5.97 Å². The Hall–Kier alpha value is -3.32. The van der Waals surface area contributed by atoms with Crippen LogP contribution in [0.25, 0.3) is 0 Å². The van der Waals surface area contributed by atoms with Gasteiger partial charge in [0.15, 0.2) is 0 Å². The van der Waals surface area contributed by atoms with E-state index in [4.69, 9.17) is 39.5 Å². The van der Waals surface area contributed by atoms with Gasteiger partial charge in [0.2, 0.25) is 0 Å². The number of amides is 2. The van der Waals surface area contributed by atoms with Crippen LogP contribution in [0.4, 0.5) is 11.4 Å². The minimum absolute atomic E-state index is 0.104. The largest absolute Gasteiger partial charge is 0.423 e. The third-order valence-corrected chi connectivity index (χ3v) is 5.54. The molecule has 166 valence electrons. The fraction of sp³-hybridized carbons (Fsp3) is 0.0417. The maximum Gasteiger partial charge on any atom is 0.343 e. The van der Waals surface area contributed by atoms with Crippen LogP contribution < -0.4 is 15.0 Å². The summed E-state index contributed by atoms with van der Waals surface area (Å²) < 4.78 is 5.34. The number of ether oxygens (including phenoxy) is 1. The number of rotatable bonds is 5. The number of halogens is 3. The number of nitrogens with zero attached hydrogens (tertiary/aromatic N) is 1. The van der Waals surface area contributed by atoms with E-state index in [1.807, 2.05) is 19.1 Å². The topological polar surface area (TPSA) is 75.7 Å². The monoisotopic (exact) mass is 500 g/mol. The van der Waals surface area contributed by atoms with Gasteiger partial charge in [-0.2, -0.15) is 0 Å². The molecular weight excluding hydrogens is 487 g/mol. The van der Waals surface area contributed by atoms with Gasteiger partial charge in [-0.05, 0) is 61.5 Å². The van der Waals surface area contributed by atoms with Crippen molar-refractivity contribution >= 4 is 64.0 Å². The zero-order valence-electron chi connectivity index (χ0n) is 17.1. The average molecular weight is 502 g/mol. The summed E-state index contributed by atoms with van der Waals surface area (Å²) in [7, 11) is 0. The molecule has 1 heterocycles. The maximum atomic E-state index is 12.9. The molecule has 1 aliphatic rings. The van der Waals surface area contributed by atoms with Crippen LogP contribution in [-0.2, 0) is 9.59 Å². The Labute approximate surface area is 204 Å². The first kappa shape index (κ1) is 22.9. The van der Waals surface area contributed by atoms with Gasteiger partial charge < -0.3 is 10.1 Å². The summed E-state index contributed by atoms with van der Waals surface area (Å²) in [6, 6.07) is 17.7. The SMILES string of the molecule is Cc1ccc(OC(=O)c2ccc(NC3=C(Cl)C(=O)N(c4cc(Cl)cc(Cl)c4)C3=O)cc2)cc1. The number of esters is 1. The predicted molar refractivity (Wildman–Crippen MR) is 128 cm³/mol. The van der Waals surface area contributed by atoms with Crippen LogP contribution in [0, 0.1) is 6.92 Å². The molecule has 0 saturated heterocycles. The molecule has 1 aliphatic heterocycles. The van der Waals surface area contributed by atoms with E-state index >= 15 is 0 Å². The Balaban J connectivity index is 1.49. The Kier molecular flexibility index (Phi) is 6.42. The van der Waals surface area contributed by atoms with E-state index < -0.39 is 17.8 Å². The molecule has 0 atom stereocenters. The number of aryl methyl sites for hydroxylation is 1. The van der Waals surface area contributed by atoms with Gasteiger partial charge in [0.05, 0.1) is 11.3 Å². The van der Waals surface area contributed by atoms with E-state index in [-0.39, 0.29) is 26.5 Å². The molecule has 0 aromatic heterocycles. The van der Waals surface area contributed by atoms with Crippen LogP contribution in [0.2, 0.25) is 10.0 Å². The number of hydrogen-bond acceptors (Lipinski definition) is 5. The van der Waals surface area contributed by atoms with Crippen LogP contribution in [0.15, 0.2) is 77.5 Å². The molecule has 4 rings (SSSR count). The first-order valence-corrected chi connectivity index (χ1v) is 10.8. The molecule has 9 heteroatoms. The Bertz CT molecular complexity index is 1280. The van der Waals surface area contributed by atoms with Crippen molar-refractivity contribution in [2.45, 2.75) is 6.92 Å². The van der Waals surface area contributed by atoms with Gasteiger partial charge in [-0.3, -0.25) is 9.59 Å². The lowest BCUT2D eigenvalue weighted by atomic mass is 10.2. The fourth-order valence-corrected chi connectivity index (χ4v) is 3.85. The highest BCUT2D eigenvalue weighted by molar-refractivity contribution is 6.53. The standard InChI is InChI=1S/C24H15Cl3N2O4/c1-13-2-8-19(9-3-13)33-24(32)14-4-6-17(7-5-14)28-21-20(27)22(30)29(23(21)31)18-11-15(25)10-16(26)12-18/h2-12,28H,1H3. The molecule has 6 nitrogen and oxygen atoms in total. The van der Waals surface area contributed by atoms with Crippen molar-refractivity contribution in [1.29, 1.82) is 0 Å². The molecule has 0 radical (unpaired) electrons. The molecule has 0 spiro atoms. The van der Waals surface area contributed by atoms with Gasteiger partial charge in [-0.1, -0.05) is 52.5 Å². The molecule has 0 unspecified atom stereocenters. The summed E-state index contributed by atoms with van der Waals surface area (Å²) in [5.74, 6) is -1.47. The van der Waals surface area contributed by atoms with Gasteiger partial charge in [-0.15, -0.1) is 0 Å². The first-order chi connectivity index (χ1) is 15.7. The smallest absolute Gasteiger partial charge is 0.343 e. The van der Waals surface area contributed by atoms with Crippen LogP contribution in [-0.4, -0.2) is 17.8 Å². The van der Waals surface area contributed by atoms with Crippen molar-refractivity contribution in [2.75, 3.05) is 10.2 Å². The van der Waals surface area contributed by atoms with Gasteiger partial charge in [0, 0.05) is 15.7 Å². The van der Waals surface area contributed by atoms with Crippen molar-refractivity contribution in [3.63, 3.8) is 0 Å².